The highest BCUT2D eigenvalue weighted by molar-refractivity contribution is 6.03. The van der Waals surface area contributed by atoms with Gasteiger partial charge in [0.2, 0.25) is 0 Å². The number of ether oxygens (including phenoxy) is 1. The van der Waals surface area contributed by atoms with Crippen molar-refractivity contribution >= 4 is 21.9 Å². The minimum Gasteiger partial charge on any atom is -0.497 e. The number of hydrogen-bond donors (Lipinski definition) is 0. The van der Waals surface area contributed by atoms with E-state index in [1.54, 1.807) is 23.9 Å². The average molecular weight is 320 g/mol. The number of rotatable bonds is 2. The van der Waals surface area contributed by atoms with Gasteiger partial charge in [-0.25, -0.2) is 9.48 Å². The van der Waals surface area contributed by atoms with E-state index in [-0.39, 0.29) is 5.63 Å². The van der Waals surface area contributed by atoms with Crippen LogP contribution in [0.1, 0.15) is 11.3 Å². The fourth-order valence-corrected chi connectivity index (χ4v) is 3.03. The van der Waals surface area contributed by atoms with Gasteiger partial charge in [-0.2, -0.15) is 5.10 Å². The Morgan fingerprint density at radius 2 is 1.92 bits per heavy atom. The Morgan fingerprint density at radius 1 is 1.12 bits per heavy atom. The number of para-hydroxylation sites is 1. The molecule has 120 valence electrons. The lowest BCUT2D eigenvalue weighted by atomic mass is 10.1. The molecule has 4 rings (SSSR count). The smallest absolute Gasteiger partial charge is 0.347 e. The first-order chi connectivity index (χ1) is 11.6. The Morgan fingerprint density at radius 3 is 2.67 bits per heavy atom. The van der Waals surface area contributed by atoms with Crippen molar-refractivity contribution in [3.8, 4) is 11.4 Å². The third-order valence-electron chi connectivity index (χ3n) is 4.31. The van der Waals surface area contributed by atoms with E-state index < -0.39 is 0 Å². The summed E-state index contributed by atoms with van der Waals surface area (Å²) in [6.45, 7) is 3.90. The van der Waals surface area contributed by atoms with E-state index >= 15 is 0 Å². The van der Waals surface area contributed by atoms with Crippen LogP contribution in [-0.2, 0) is 0 Å². The Bertz CT molecular complexity index is 1140. The lowest BCUT2D eigenvalue weighted by Gasteiger charge is -2.06. The van der Waals surface area contributed by atoms with E-state index in [1.807, 2.05) is 44.2 Å². The predicted octanol–water partition coefficient (Wildman–Crippen LogP) is 3.76. The van der Waals surface area contributed by atoms with Gasteiger partial charge in [-0.15, -0.1) is 0 Å². The zero-order valence-corrected chi connectivity index (χ0v) is 13.7. The van der Waals surface area contributed by atoms with Crippen molar-refractivity contribution in [2.75, 3.05) is 7.11 Å². The molecule has 0 radical (unpaired) electrons. The minimum absolute atomic E-state index is 0.375. The molecule has 0 N–H and O–H groups in total. The van der Waals surface area contributed by atoms with Crippen LogP contribution in [0.5, 0.6) is 5.75 Å². The Balaban J connectivity index is 2.14. The van der Waals surface area contributed by atoms with Crippen LogP contribution in [0.15, 0.2) is 51.7 Å². The van der Waals surface area contributed by atoms with Crippen LogP contribution in [0, 0.1) is 13.8 Å². The maximum atomic E-state index is 12.4. The van der Waals surface area contributed by atoms with Crippen molar-refractivity contribution in [3.63, 3.8) is 0 Å². The number of hydrogen-bond acceptors (Lipinski definition) is 4. The largest absolute Gasteiger partial charge is 0.497 e. The molecule has 0 unspecified atom stereocenters. The van der Waals surface area contributed by atoms with Gasteiger partial charge in [0.05, 0.1) is 18.5 Å². The van der Waals surface area contributed by atoms with Gasteiger partial charge in [0.1, 0.15) is 22.2 Å². The summed E-state index contributed by atoms with van der Waals surface area (Å²) in [7, 11) is 1.61. The SMILES string of the molecule is COc1ccc2oc(=O)c3c(C)n(-c4ccccc4C)nc3c2c1. The van der Waals surface area contributed by atoms with Gasteiger partial charge >= 0.3 is 5.63 Å². The quantitative estimate of drug-likeness (QED) is 0.528. The number of methoxy groups -OCH3 is 1. The zero-order chi connectivity index (χ0) is 16.8. The van der Waals surface area contributed by atoms with Crippen LogP contribution in [0.25, 0.3) is 27.6 Å². The van der Waals surface area contributed by atoms with Crippen LogP contribution in [0.2, 0.25) is 0 Å². The summed E-state index contributed by atoms with van der Waals surface area (Å²) in [5, 5.41) is 5.97. The van der Waals surface area contributed by atoms with E-state index in [4.69, 9.17) is 14.3 Å². The second kappa shape index (κ2) is 5.23. The molecule has 0 spiro atoms. The van der Waals surface area contributed by atoms with E-state index in [1.165, 1.54) is 0 Å². The highest BCUT2D eigenvalue weighted by Crippen LogP contribution is 2.29. The number of fused-ring (bicyclic) bond motifs is 3. The highest BCUT2D eigenvalue weighted by Gasteiger charge is 2.18. The summed E-state index contributed by atoms with van der Waals surface area (Å²) in [6.07, 6.45) is 0. The maximum absolute atomic E-state index is 12.4. The first-order valence-corrected chi connectivity index (χ1v) is 7.66. The van der Waals surface area contributed by atoms with Crippen LogP contribution in [0.4, 0.5) is 0 Å². The molecule has 2 aromatic heterocycles. The molecule has 0 saturated heterocycles. The molecular weight excluding hydrogens is 304 g/mol. The molecule has 2 heterocycles. The lowest BCUT2D eigenvalue weighted by molar-refractivity contribution is 0.415. The molecule has 0 aliphatic carbocycles. The van der Waals surface area contributed by atoms with Crippen molar-refractivity contribution in [1.29, 1.82) is 0 Å². The van der Waals surface area contributed by atoms with Gasteiger partial charge in [0.25, 0.3) is 0 Å². The molecule has 0 aliphatic heterocycles. The van der Waals surface area contributed by atoms with Crippen LogP contribution >= 0.6 is 0 Å². The van der Waals surface area contributed by atoms with E-state index in [0.717, 1.165) is 22.3 Å². The first-order valence-electron chi connectivity index (χ1n) is 7.66. The van der Waals surface area contributed by atoms with E-state index in [0.29, 0.717) is 22.2 Å². The lowest BCUT2D eigenvalue weighted by Crippen LogP contribution is -2.03. The monoisotopic (exact) mass is 320 g/mol. The van der Waals surface area contributed by atoms with Crippen LogP contribution in [-0.4, -0.2) is 16.9 Å². The summed E-state index contributed by atoms with van der Waals surface area (Å²) in [6, 6.07) is 13.3. The number of benzene rings is 2. The molecule has 0 atom stereocenters. The second-order valence-electron chi connectivity index (χ2n) is 5.76. The van der Waals surface area contributed by atoms with Gasteiger partial charge in [-0.05, 0) is 43.7 Å². The molecule has 0 saturated carbocycles. The summed E-state index contributed by atoms with van der Waals surface area (Å²) in [5.41, 5.74) is 3.54. The topological polar surface area (TPSA) is 57.3 Å². The standard InChI is InChI=1S/C19H16N2O3/c1-11-6-4-5-7-15(11)21-12(2)17-18(20-21)14-10-13(23-3)8-9-16(14)24-19(17)22/h4-10H,1-3H3. The zero-order valence-electron chi connectivity index (χ0n) is 13.7. The summed E-state index contributed by atoms with van der Waals surface area (Å²) in [5.74, 6) is 0.695. The van der Waals surface area contributed by atoms with Crippen LogP contribution < -0.4 is 10.4 Å². The second-order valence-corrected chi connectivity index (χ2v) is 5.76. The van der Waals surface area contributed by atoms with Gasteiger partial charge in [0, 0.05) is 5.39 Å². The number of nitrogens with zero attached hydrogens (tertiary/aromatic N) is 2. The minimum atomic E-state index is -0.375. The molecule has 24 heavy (non-hydrogen) atoms. The molecule has 0 bridgehead atoms. The van der Waals surface area contributed by atoms with Crippen molar-refractivity contribution in [3.05, 3.63) is 64.1 Å². The highest BCUT2D eigenvalue weighted by atomic mass is 16.5. The first kappa shape index (κ1) is 14.5. The number of aryl methyl sites for hydroxylation is 2. The van der Waals surface area contributed by atoms with Crippen molar-refractivity contribution in [1.82, 2.24) is 9.78 Å². The third kappa shape index (κ3) is 2.01. The average Bonchev–Trinajstić information content (AvgIpc) is 2.93. The Hall–Kier alpha value is -3.08. The van der Waals surface area contributed by atoms with Crippen molar-refractivity contribution < 1.29 is 9.15 Å². The third-order valence-corrected chi connectivity index (χ3v) is 4.31. The van der Waals surface area contributed by atoms with Gasteiger partial charge < -0.3 is 9.15 Å². The molecule has 5 heteroatoms. The van der Waals surface area contributed by atoms with Gasteiger partial charge in [-0.1, -0.05) is 18.2 Å². The molecular formula is C19H16N2O3. The van der Waals surface area contributed by atoms with Crippen molar-refractivity contribution in [2.24, 2.45) is 0 Å². The summed E-state index contributed by atoms with van der Waals surface area (Å²) < 4.78 is 12.6. The normalized spacial score (nSPS) is 11.3. The summed E-state index contributed by atoms with van der Waals surface area (Å²) >= 11 is 0. The predicted molar refractivity (Wildman–Crippen MR) is 93.1 cm³/mol. The summed E-state index contributed by atoms with van der Waals surface area (Å²) in [4.78, 5) is 12.4. The molecule has 2 aromatic carbocycles. The van der Waals surface area contributed by atoms with Crippen LogP contribution in [0.3, 0.4) is 0 Å². The van der Waals surface area contributed by atoms with Gasteiger partial charge in [-0.3, -0.25) is 0 Å². The van der Waals surface area contributed by atoms with E-state index in [9.17, 15) is 4.79 Å². The Kier molecular flexibility index (Phi) is 3.16. The Labute approximate surface area is 138 Å². The molecule has 0 aliphatic rings. The van der Waals surface area contributed by atoms with Gasteiger partial charge in [0.15, 0.2) is 0 Å². The molecule has 5 nitrogen and oxygen atoms in total. The molecule has 4 aromatic rings. The van der Waals surface area contributed by atoms with Crippen molar-refractivity contribution in [2.45, 2.75) is 13.8 Å². The van der Waals surface area contributed by atoms with E-state index in [2.05, 4.69) is 0 Å². The number of aromatic nitrogens is 2. The fourth-order valence-electron chi connectivity index (χ4n) is 3.03. The fraction of sp³-hybridized carbons (Fsp3) is 0.158. The molecule has 0 fully saturated rings. The molecule has 0 amide bonds. The maximum Gasteiger partial charge on any atom is 0.347 e.